The molecule has 0 spiro atoms. The summed E-state index contributed by atoms with van der Waals surface area (Å²) in [7, 11) is 2.02. The van der Waals surface area contributed by atoms with Crippen LogP contribution in [-0.4, -0.2) is 19.2 Å². The van der Waals surface area contributed by atoms with Gasteiger partial charge in [-0.1, -0.05) is 31.5 Å². The zero-order chi connectivity index (χ0) is 11.8. The van der Waals surface area contributed by atoms with Crippen LogP contribution in [0.1, 0.15) is 25.8 Å². The highest BCUT2D eigenvalue weighted by Gasteiger charge is 2.49. The van der Waals surface area contributed by atoms with Gasteiger partial charge in [-0.15, -0.1) is 0 Å². The predicted octanol–water partition coefficient (Wildman–Crippen LogP) is 2.76. The monoisotopic (exact) mass is 219 g/mol. The van der Waals surface area contributed by atoms with Gasteiger partial charge in [0.15, 0.2) is 0 Å². The van der Waals surface area contributed by atoms with Gasteiger partial charge in [0.25, 0.3) is 0 Å². The highest BCUT2D eigenvalue weighted by molar-refractivity contribution is 5.27. The first-order valence-corrected chi connectivity index (χ1v) is 5.94. The van der Waals surface area contributed by atoms with E-state index in [-0.39, 0.29) is 5.41 Å². The molecule has 1 aromatic rings. The standard InChI is InChI=1S/C14H21NO/c1-10-5-7-11(8-6-10)16-13-9-12(15-4)14(13,2)3/h5-8,12-13,15H,9H2,1-4H3. The smallest absolute Gasteiger partial charge is 0.119 e. The second kappa shape index (κ2) is 4.10. The minimum atomic E-state index is 0.222. The van der Waals surface area contributed by atoms with Crippen LogP contribution in [0.2, 0.25) is 0 Å². The third-order valence-electron chi connectivity index (χ3n) is 3.83. The van der Waals surface area contributed by atoms with E-state index in [1.807, 2.05) is 7.05 Å². The molecule has 0 heterocycles. The summed E-state index contributed by atoms with van der Waals surface area (Å²) in [5.74, 6) is 0.984. The maximum Gasteiger partial charge on any atom is 0.119 e. The van der Waals surface area contributed by atoms with Crippen LogP contribution in [0, 0.1) is 12.3 Å². The Hall–Kier alpha value is -1.02. The summed E-state index contributed by atoms with van der Waals surface area (Å²) in [6.45, 7) is 6.61. The molecule has 1 aromatic carbocycles. The maximum absolute atomic E-state index is 6.01. The number of benzene rings is 1. The van der Waals surface area contributed by atoms with E-state index in [2.05, 4.69) is 50.4 Å². The number of nitrogens with one attached hydrogen (secondary N) is 1. The molecular weight excluding hydrogens is 198 g/mol. The van der Waals surface area contributed by atoms with Crippen molar-refractivity contribution >= 4 is 0 Å². The average molecular weight is 219 g/mol. The molecule has 2 rings (SSSR count). The fourth-order valence-corrected chi connectivity index (χ4v) is 2.36. The first kappa shape index (κ1) is 11.5. The molecule has 1 aliphatic rings. The lowest BCUT2D eigenvalue weighted by atomic mass is 9.64. The van der Waals surface area contributed by atoms with Crippen LogP contribution >= 0.6 is 0 Å². The minimum absolute atomic E-state index is 0.222. The SMILES string of the molecule is CNC1CC(Oc2ccc(C)cc2)C1(C)C. The van der Waals surface area contributed by atoms with E-state index in [0.29, 0.717) is 12.1 Å². The fourth-order valence-electron chi connectivity index (χ4n) is 2.36. The van der Waals surface area contributed by atoms with Gasteiger partial charge in [-0.3, -0.25) is 0 Å². The quantitative estimate of drug-likeness (QED) is 0.844. The van der Waals surface area contributed by atoms with Crippen LogP contribution in [0.4, 0.5) is 0 Å². The first-order chi connectivity index (χ1) is 7.54. The molecule has 0 bridgehead atoms. The van der Waals surface area contributed by atoms with Gasteiger partial charge in [-0.2, -0.15) is 0 Å². The molecule has 0 radical (unpaired) electrons. The third kappa shape index (κ3) is 1.94. The largest absolute Gasteiger partial charge is 0.490 e. The van der Waals surface area contributed by atoms with Crippen molar-refractivity contribution in [3.63, 3.8) is 0 Å². The number of ether oxygens (including phenoxy) is 1. The van der Waals surface area contributed by atoms with Crippen LogP contribution in [0.3, 0.4) is 0 Å². The van der Waals surface area contributed by atoms with Gasteiger partial charge in [-0.05, 0) is 26.1 Å². The van der Waals surface area contributed by atoms with E-state index in [0.717, 1.165) is 12.2 Å². The van der Waals surface area contributed by atoms with Gasteiger partial charge in [0.05, 0.1) is 0 Å². The molecule has 2 unspecified atom stereocenters. The van der Waals surface area contributed by atoms with E-state index in [4.69, 9.17) is 4.74 Å². The molecule has 1 aliphatic carbocycles. The fraction of sp³-hybridized carbons (Fsp3) is 0.571. The Kier molecular flexibility index (Phi) is 2.94. The molecule has 0 aromatic heterocycles. The van der Waals surface area contributed by atoms with Crippen molar-refractivity contribution in [3.05, 3.63) is 29.8 Å². The summed E-state index contributed by atoms with van der Waals surface area (Å²) >= 11 is 0. The molecule has 2 heteroatoms. The molecule has 88 valence electrons. The number of rotatable bonds is 3. The summed E-state index contributed by atoms with van der Waals surface area (Å²) in [6.07, 6.45) is 1.42. The Balaban J connectivity index is 1.99. The summed E-state index contributed by atoms with van der Waals surface area (Å²) < 4.78 is 6.01. The topological polar surface area (TPSA) is 21.3 Å². The summed E-state index contributed by atoms with van der Waals surface area (Å²) in [5.41, 5.74) is 1.49. The van der Waals surface area contributed by atoms with Gasteiger partial charge in [0, 0.05) is 17.9 Å². The second-order valence-corrected chi connectivity index (χ2v) is 5.32. The van der Waals surface area contributed by atoms with E-state index in [9.17, 15) is 0 Å². The molecule has 0 aliphatic heterocycles. The van der Waals surface area contributed by atoms with Crippen molar-refractivity contribution in [1.82, 2.24) is 5.32 Å². The number of hydrogen-bond acceptors (Lipinski definition) is 2. The molecule has 1 saturated carbocycles. The van der Waals surface area contributed by atoms with Crippen molar-refractivity contribution < 1.29 is 4.74 Å². The Morgan fingerprint density at radius 1 is 1.25 bits per heavy atom. The zero-order valence-corrected chi connectivity index (χ0v) is 10.6. The van der Waals surface area contributed by atoms with Crippen molar-refractivity contribution in [2.45, 2.75) is 39.3 Å². The zero-order valence-electron chi connectivity index (χ0n) is 10.6. The number of aryl methyl sites for hydroxylation is 1. The van der Waals surface area contributed by atoms with Crippen LogP contribution in [0.25, 0.3) is 0 Å². The molecule has 0 amide bonds. The van der Waals surface area contributed by atoms with Crippen LogP contribution < -0.4 is 10.1 Å². The second-order valence-electron chi connectivity index (χ2n) is 5.32. The molecule has 1 N–H and O–H groups in total. The predicted molar refractivity (Wildman–Crippen MR) is 66.8 cm³/mol. The van der Waals surface area contributed by atoms with Crippen molar-refractivity contribution in [1.29, 1.82) is 0 Å². The Bertz CT molecular complexity index is 356. The lowest BCUT2D eigenvalue weighted by Gasteiger charge is -2.51. The summed E-state index contributed by atoms with van der Waals surface area (Å²) in [6, 6.07) is 8.87. The Morgan fingerprint density at radius 2 is 1.88 bits per heavy atom. The van der Waals surface area contributed by atoms with E-state index in [1.165, 1.54) is 5.56 Å². The van der Waals surface area contributed by atoms with E-state index >= 15 is 0 Å². The molecule has 16 heavy (non-hydrogen) atoms. The van der Waals surface area contributed by atoms with Gasteiger partial charge < -0.3 is 10.1 Å². The molecule has 1 fully saturated rings. The van der Waals surface area contributed by atoms with Crippen molar-refractivity contribution in [2.75, 3.05) is 7.05 Å². The molecule has 2 atom stereocenters. The van der Waals surface area contributed by atoms with Gasteiger partial charge in [0.1, 0.15) is 11.9 Å². The first-order valence-electron chi connectivity index (χ1n) is 5.94. The normalized spacial score (nSPS) is 27.2. The molecule has 2 nitrogen and oxygen atoms in total. The summed E-state index contributed by atoms with van der Waals surface area (Å²) in [4.78, 5) is 0. The third-order valence-corrected chi connectivity index (χ3v) is 3.83. The number of hydrogen-bond donors (Lipinski definition) is 1. The minimum Gasteiger partial charge on any atom is -0.490 e. The van der Waals surface area contributed by atoms with Crippen molar-refractivity contribution in [2.24, 2.45) is 5.41 Å². The lowest BCUT2D eigenvalue weighted by molar-refractivity contribution is -0.0520. The Morgan fingerprint density at radius 3 is 2.38 bits per heavy atom. The molecule has 0 saturated heterocycles. The average Bonchev–Trinajstić information content (AvgIpc) is 2.26. The van der Waals surface area contributed by atoms with Gasteiger partial charge in [-0.25, -0.2) is 0 Å². The van der Waals surface area contributed by atoms with Crippen LogP contribution in [-0.2, 0) is 0 Å². The summed E-state index contributed by atoms with van der Waals surface area (Å²) in [5, 5.41) is 3.34. The molecular formula is C14H21NO. The van der Waals surface area contributed by atoms with E-state index < -0.39 is 0 Å². The van der Waals surface area contributed by atoms with Gasteiger partial charge >= 0.3 is 0 Å². The lowest BCUT2D eigenvalue weighted by Crippen LogP contribution is -2.61. The van der Waals surface area contributed by atoms with Gasteiger partial charge in [0.2, 0.25) is 0 Å². The van der Waals surface area contributed by atoms with Crippen molar-refractivity contribution in [3.8, 4) is 5.75 Å². The highest BCUT2D eigenvalue weighted by atomic mass is 16.5. The maximum atomic E-state index is 6.01. The highest BCUT2D eigenvalue weighted by Crippen LogP contribution is 2.42. The van der Waals surface area contributed by atoms with E-state index in [1.54, 1.807) is 0 Å². The Labute approximate surface area is 98.0 Å². The van der Waals surface area contributed by atoms with Crippen LogP contribution in [0.15, 0.2) is 24.3 Å². The van der Waals surface area contributed by atoms with Crippen LogP contribution in [0.5, 0.6) is 5.75 Å².